The first-order valence-corrected chi connectivity index (χ1v) is 13.4. The summed E-state index contributed by atoms with van der Waals surface area (Å²) in [5.41, 5.74) is 7.22. The molecule has 5 rings (SSSR count). The molecule has 0 atom stereocenters. The summed E-state index contributed by atoms with van der Waals surface area (Å²) in [5.74, 6) is 0.277. The molecule has 3 aromatic heterocycles. The highest BCUT2D eigenvalue weighted by Crippen LogP contribution is 2.42. The summed E-state index contributed by atoms with van der Waals surface area (Å²) in [6.07, 6.45) is 5.77. The zero-order chi connectivity index (χ0) is 25.4. The van der Waals surface area contributed by atoms with Crippen molar-refractivity contribution in [3.05, 3.63) is 54.2 Å². The summed E-state index contributed by atoms with van der Waals surface area (Å²) in [5, 5.41) is -0.321. The number of fused-ring (bicyclic) bond motifs is 2. The fourth-order valence-corrected chi connectivity index (χ4v) is 5.84. The van der Waals surface area contributed by atoms with E-state index in [0.717, 1.165) is 31.2 Å². The molecule has 0 aromatic carbocycles. The molecule has 0 aliphatic carbocycles. The van der Waals surface area contributed by atoms with Crippen molar-refractivity contribution in [3.63, 3.8) is 0 Å². The normalized spacial score (nSPS) is 19.0. The Morgan fingerprint density at radius 3 is 2.42 bits per heavy atom. The summed E-state index contributed by atoms with van der Waals surface area (Å²) in [4.78, 5) is 28.5. The second-order valence-electron chi connectivity index (χ2n) is 9.32. The van der Waals surface area contributed by atoms with Crippen molar-refractivity contribution in [2.24, 2.45) is 0 Å². The molecule has 1 amide bonds. The number of amides is 1. The van der Waals surface area contributed by atoms with Gasteiger partial charge in [0, 0.05) is 32.8 Å². The lowest BCUT2D eigenvalue weighted by Crippen LogP contribution is -2.35. The molecule has 2 fully saturated rings. The third-order valence-corrected chi connectivity index (χ3v) is 7.69. The van der Waals surface area contributed by atoms with Gasteiger partial charge in [-0.2, -0.15) is 8.42 Å². The molecule has 2 saturated heterocycles. The Hall–Kier alpha value is -3.73. The molecule has 10 nitrogen and oxygen atoms in total. The van der Waals surface area contributed by atoms with Crippen LogP contribution in [0.25, 0.3) is 11.3 Å². The molecule has 3 N–H and O–H groups in total. The second-order valence-corrected chi connectivity index (χ2v) is 11.0. The van der Waals surface area contributed by atoms with Gasteiger partial charge in [0.1, 0.15) is 11.6 Å². The quantitative estimate of drug-likeness (QED) is 0.485. The fraction of sp³-hybridized carbons (Fsp3) is 0.360. The molecule has 0 unspecified atom stereocenters. The zero-order valence-corrected chi connectivity index (χ0v) is 20.9. The smallest absolute Gasteiger partial charge is 0.281 e. The average molecular weight is 513 g/mol. The molecule has 3 aromatic rings. The molecule has 0 radical (unpaired) electrons. The Morgan fingerprint density at radius 2 is 1.81 bits per heavy atom. The van der Waals surface area contributed by atoms with Crippen LogP contribution in [-0.4, -0.2) is 47.5 Å². The predicted molar refractivity (Wildman–Crippen MR) is 139 cm³/mol. The highest BCUT2D eigenvalue weighted by molar-refractivity contribution is 7.90. The van der Waals surface area contributed by atoms with Crippen LogP contribution in [0, 0.1) is 0 Å². The van der Waals surface area contributed by atoms with Crippen molar-refractivity contribution >= 4 is 27.6 Å². The van der Waals surface area contributed by atoms with Crippen LogP contribution in [0.3, 0.4) is 0 Å². The number of nitrogens with zero attached hydrogens (tertiary/aromatic N) is 4. The molecular formula is C25H32N6O4S. The first kappa shape index (κ1) is 24.0. The Bertz CT molecular complexity index is 1390. The van der Waals surface area contributed by atoms with E-state index in [0.29, 0.717) is 17.4 Å². The number of nitrogen functional groups attached to an aromatic ring is 1. The van der Waals surface area contributed by atoms with Gasteiger partial charge >= 0.3 is 0 Å². The molecular weight excluding hydrogens is 480 g/mol. The van der Waals surface area contributed by atoms with Crippen LogP contribution in [0.1, 0.15) is 52.7 Å². The first-order valence-electron chi connectivity index (χ1n) is 11.9. The van der Waals surface area contributed by atoms with Crippen LogP contribution >= 0.6 is 0 Å². The van der Waals surface area contributed by atoms with Crippen LogP contribution in [0.2, 0.25) is 0 Å². The second kappa shape index (κ2) is 9.38. The minimum Gasteiger partial charge on any atom is -0.475 e. The molecule has 0 spiro atoms. The summed E-state index contributed by atoms with van der Waals surface area (Å²) in [6, 6.07) is 11.7. The lowest BCUT2D eigenvalue weighted by molar-refractivity contribution is 0.0981. The van der Waals surface area contributed by atoms with E-state index >= 15 is 0 Å². The van der Waals surface area contributed by atoms with Crippen LogP contribution in [0.5, 0.6) is 5.88 Å². The molecule has 2 aliphatic heterocycles. The summed E-state index contributed by atoms with van der Waals surface area (Å²) >= 11 is 0. The number of sulfonamides is 1. The summed E-state index contributed by atoms with van der Waals surface area (Å²) in [6.45, 7) is 3.86. The van der Waals surface area contributed by atoms with Gasteiger partial charge < -0.3 is 15.4 Å². The molecule has 0 saturated carbocycles. The first-order chi connectivity index (χ1) is 17.2. The number of carbonyl (C=O) groups is 1. The van der Waals surface area contributed by atoms with E-state index in [1.807, 2.05) is 19.9 Å². The lowest BCUT2D eigenvalue weighted by Gasteiger charge is -2.26. The van der Waals surface area contributed by atoms with Crippen molar-refractivity contribution < 1.29 is 20.8 Å². The van der Waals surface area contributed by atoms with E-state index in [4.69, 9.17) is 15.5 Å². The van der Waals surface area contributed by atoms with Crippen molar-refractivity contribution in [1.82, 2.24) is 19.7 Å². The van der Waals surface area contributed by atoms with Crippen LogP contribution < -0.4 is 20.1 Å². The van der Waals surface area contributed by atoms with Gasteiger partial charge in [-0.25, -0.2) is 19.7 Å². The number of nitrogens with one attached hydrogen (secondary N) is 1. The maximum absolute atomic E-state index is 13.3. The maximum Gasteiger partial charge on any atom is 0.281 e. The number of anilines is 2. The van der Waals surface area contributed by atoms with E-state index in [-0.39, 0.29) is 37.4 Å². The van der Waals surface area contributed by atoms with Crippen LogP contribution in [0.4, 0.5) is 11.6 Å². The Labute approximate surface area is 212 Å². The number of nitrogens with two attached hydrogens (primary N) is 1. The van der Waals surface area contributed by atoms with Gasteiger partial charge in [0.2, 0.25) is 5.88 Å². The van der Waals surface area contributed by atoms with Crippen LogP contribution in [0.15, 0.2) is 53.7 Å². The largest absolute Gasteiger partial charge is 0.475 e. The van der Waals surface area contributed by atoms with Gasteiger partial charge in [-0.1, -0.05) is 6.07 Å². The minimum absolute atomic E-state index is 0. The molecule has 5 heterocycles. The van der Waals surface area contributed by atoms with Crippen molar-refractivity contribution in [2.75, 3.05) is 10.6 Å². The average Bonchev–Trinajstić information content (AvgIpc) is 3.44. The molecule has 192 valence electrons. The Kier molecular flexibility index (Phi) is 6.25. The maximum atomic E-state index is 13.3. The standard InChI is InChI=1S/C25H28N6O4S.2H2/c1-15(2)35-22-13-6-16(14-27-22)20-12-11-19(24(28-20)31-17-7-8-18(31)10-9-17)25(32)30-36(33,34)23-5-3-4-21(26)29-23;;/h3-6,11-15,17-18H,7-10H2,1-2H3,(H2,26,29)(H,30,32);2*1H. The highest BCUT2D eigenvalue weighted by Gasteiger charge is 2.42. The monoisotopic (exact) mass is 512 g/mol. The van der Waals surface area contributed by atoms with E-state index < -0.39 is 15.9 Å². The predicted octanol–water partition coefficient (Wildman–Crippen LogP) is 3.65. The molecule has 36 heavy (non-hydrogen) atoms. The third kappa shape index (κ3) is 4.70. The topological polar surface area (TPSA) is 140 Å². The number of hydrogen-bond acceptors (Lipinski definition) is 9. The minimum atomic E-state index is -4.22. The molecule has 2 bridgehead atoms. The van der Waals surface area contributed by atoms with E-state index in [9.17, 15) is 13.2 Å². The van der Waals surface area contributed by atoms with Gasteiger partial charge in [0.05, 0.1) is 17.4 Å². The van der Waals surface area contributed by atoms with Crippen LogP contribution in [-0.2, 0) is 10.0 Å². The number of carbonyl (C=O) groups excluding carboxylic acids is 1. The van der Waals surface area contributed by atoms with Gasteiger partial charge in [-0.3, -0.25) is 4.79 Å². The number of pyridine rings is 3. The SMILES string of the molecule is CC(C)Oc1ccc(-c2ccc(C(=O)NS(=O)(=O)c3cccc(N)n3)c(N3C4CCC3CC4)n2)cn1.[HH].[HH]. The van der Waals surface area contributed by atoms with Gasteiger partial charge in [0.15, 0.2) is 5.03 Å². The Balaban J connectivity index is 0.00000200. The summed E-state index contributed by atoms with van der Waals surface area (Å²) < 4.78 is 33.4. The van der Waals surface area contributed by atoms with Gasteiger partial charge in [0.25, 0.3) is 15.9 Å². The van der Waals surface area contributed by atoms with E-state index in [1.54, 1.807) is 24.4 Å². The fourth-order valence-electron chi connectivity index (χ4n) is 4.89. The molecule has 11 heteroatoms. The molecule has 2 aliphatic rings. The summed E-state index contributed by atoms with van der Waals surface area (Å²) in [7, 11) is -4.22. The van der Waals surface area contributed by atoms with Crippen molar-refractivity contribution in [1.29, 1.82) is 0 Å². The number of aromatic nitrogens is 3. The van der Waals surface area contributed by atoms with Gasteiger partial charge in [-0.15, -0.1) is 0 Å². The number of hydrogen-bond donors (Lipinski definition) is 2. The lowest BCUT2D eigenvalue weighted by atomic mass is 10.0. The van der Waals surface area contributed by atoms with E-state index in [2.05, 4.69) is 19.6 Å². The number of rotatable bonds is 7. The zero-order valence-electron chi connectivity index (χ0n) is 20.1. The third-order valence-electron chi connectivity index (χ3n) is 6.45. The van der Waals surface area contributed by atoms with Gasteiger partial charge in [-0.05, 0) is 69.9 Å². The van der Waals surface area contributed by atoms with Crippen molar-refractivity contribution in [3.8, 4) is 17.1 Å². The van der Waals surface area contributed by atoms with E-state index in [1.165, 1.54) is 18.2 Å². The Morgan fingerprint density at radius 1 is 1.08 bits per heavy atom. The van der Waals surface area contributed by atoms with Crippen molar-refractivity contribution in [2.45, 2.75) is 62.7 Å². The number of ether oxygens (including phenoxy) is 1. The highest BCUT2D eigenvalue weighted by atomic mass is 32.2.